The Hall–Kier alpha value is -1.51. The molecular weight excluding hydrogens is 366 g/mol. The molecule has 0 saturated carbocycles. The van der Waals surface area contributed by atoms with Crippen molar-refractivity contribution in [3.05, 3.63) is 66.2 Å². The van der Waals surface area contributed by atoms with Gasteiger partial charge in [-0.15, -0.1) is 0 Å². The molecule has 2 aromatic carbocycles. The van der Waals surface area contributed by atoms with Crippen molar-refractivity contribution in [1.82, 2.24) is 0 Å². The smallest absolute Gasteiger partial charge is 0.158 e. The van der Waals surface area contributed by atoms with Gasteiger partial charge in [-0.1, -0.05) is 76.2 Å². The maximum Gasteiger partial charge on any atom is 0.158 e. The molecule has 0 N–H and O–H groups in total. The van der Waals surface area contributed by atoms with Gasteiger partial charge in [0.15, 0.2) is 5.60 Å². The number of para-hydroxylation sites is 1. The number of halogens is 1. The number of hydrogen-bond acceptors (Lipinski definition) is 1. The Labute approximate surface area is 178 Å². The average molecular weight is 404 g/mol. The average Bonchev–Trinajstić information content (AvgIpc) is 2.54. The van der Waals surface area contributed by atoms with Crippen molar-refractivity contribution in [2.45, 2.75) is 52.7 Å². The standard InChI is InChI=1S/C25H38NO.ClH/c1-21(2)17-25(18-22(3)4,27-24-15-11-8-12-16-24)20-26(5,6)19-23-13-9-7-10-14-23;/h7-16,21-22H,17-20H2,1-6H3;1H/q+1;/p-1. The van der Waals surface area contributed by atoms with Crippen LogP contribution in [-0.2, 0) is 6.54 Å². The molecule has 0 spiro atoms. The second-order valence-electron chi connectivity index (χ2n) is 9.53. The summed E-state index contributed by atoms with van der Waals surface area (Å²) >= 11 is 0. The molecule has 2 rings (SSSR count). The maximum absolute atomic E-state index is 6.78. The van der Waals surface area contributed by atoms with Crippen LogP contribution in [0.25, 0.3) is 0 Å². The van der Waals surface area contributed by atoms with E-state index in [0.29, 0.717) is 11.8 Å². The molecule has 0 aliphatic rings. The van der Waals surface area contributed by atoms with Crippen LogP contribution in [0.1, 0.15) is 46.1 Å². The second kappa shape index (κ2) is 10.9. The van der Waals surface area contributed by atoms with E-state index in [-0.39, 0.29) is 18.0 Å². The molecule has 0 aromatic heterocycles. The van der Waals surface area contributed by atoms with Gasteiger partial charge < -0.3 is 21.6 Å². The number of likely N-dealkylation sites (N-methyl/N-ethyl adjacent to an activating group) is 1. The van der Waals surface area contributed by atoms with Crippen LogP contribution >= 0.6 is 0 Å². The number of hydrogen-bond donors (Lipinski definition) is 0. The Morgan fingerprint density at radius 3 is 1.71 bits per heavy atom. The summed E-state index contributed by atoms with van der Waals surface area (Å²) in [6.45, 7) is 11.2. The van der Waals surface area contributed by atoms with Crippen LogP contribution in [0.5, 0.6) is 5.75 Å². The van der Waals surface area contributed by atoms with Crippen molar-refractivity contribution in [3.63, 3.8) is 0 Å². The highest BCUT2D eigenvalue weighted by Gasteiger charge is 2.40. The van der Waals surface area contributed by atoms with Crippen molar-refractivity contribution in [1.29, 1.82) is 0 Å². The fourth-order valence-electron chi connectivity index (χ4n) is 4.47. The first kappa shape index (κ1) is 24.5. The molecule has 0 bridgehead atoms. The maximum atomic E-state index is 6.78. The van der Waals surface area contributed by atoms with Gasteiger partial charge in [-0.05, 0) is 36.8 Å². The SMILES string of the molecule is CC(C)CC(CC(C)C)(C[N+](C)(C)Cc1ccccc1)Oc1ccccc1.[Cl-]. The molecule has 28 heavy (non-hydrogen) atoms. The van der Waals surface area contributed by atoms with Gasteiger partial charge in [0, 0.05) is 5.56 Å². The number of nitrogens with zero attached hydrogens (tertiary/aromatic N) is 1. The van der Waals surface area contributed by atoms with Crippen LogP contribution in [0, 0.1) is 11.8 Å². The van der Waals surface area contributed by atoms with Crippen molar-refractivity contribution in [3.8, 4) is 5.75 Å². The molecule has 2 nitrogen and oxygen atoms in total. The summed E-state index contributed by atoms with van der Waals surface area (Å²) in [7, 11) is 4.66. The zero-order valence-electron chi connectivity index (χ0n) is 18.5. The molecule has 0 atom stereocenters. The van der Waals surface area contributed by atoms with E-state index in [4.69, 9.17) is 4.74 Å². The monoisotopic (exact) mass is 403 g/mol. The number of ether oxygens (including phenoxy) is 1. The zero-order valence-corrected chi connectivity index (χ0v) is 19.2. The summed E-state index contributed by atoms with van der Waals surface area (Å²) in [6.07, 6.45) is 2.13. The molecule has 156 valence electrons. The first-order valence-corrected chi connectivity index (χ1v) is 10.3. The van der Waals surface area contributed by atoms with Gasteiger partial charge in [-0.2, -0.15) is 0 Å². The van der Waals surface area contributed by atoms with E-state index in [1.54, 1.807) is 0 Å². The molecule has 0 radical (unpaired) electrons. The Kier molecular flexibility index (Phi) is 9.53. The Bertz CT molecular complexity index is 657. The fourth-order valence-corrected chi connectivity index (χ4v) is 4.47. The first-order chi connectivity index (χ1) is 12.7. The number of quaternary nitrogens is 1. The quantitative estimate of drug-likeness (QED) is 0.553. The van der Waals surface area contributed by atoms with E-state index in [0.717, 1.165) is 36.2 Å². The minimum Gasteiger partial charge on any atom is -1.00 e. The van der Waals surface area contributed by atoms with E-state index >= 15 is 0 Å². The van der Waals surface area contributed by atoms with Gasteiger partial charge in [0.05, 0.1) is 14.1 Å². The summed E-state index contributed by atoms with van der Waals surface area (Å²) in [5.74, 6) is 2.16. The van der Waals surface area contributed by atoms with Crippen LogP contribution in [0.2, 0.25) is 0 Å². The van der Waals surface area contributed by atoms with E-state index in [1.807, 2.05) is 0 Å². The molecule has 0 aliphatic heterocycles. The summed E-state index contributed by atoms with van der Waals surface area (Å²) < 4.78 is 7.69. The normalized spacial score (nSPS) is 12.1. The topological polar surface area (TPSA) is 9.23 Å². The van der Waals surface area contributed by atoms with Crippen molar-refractivity contribution >= 4 is 0 Å². The molecule has 0 saturated heterocycles. The van der Waals surface area contributed by atoms with E-state index in [1.165, 1.54) is 5.56 Å². The minimum atomic E-state index is -0.165. The fraction of sp³-hybridized carbons (Fsp3) is 0.520. The highest BCUT2D eigenvalue weighted by molar-refractivity contribution is 5.22. The molecular formula is C25H38ClNO. The molecule has 2 aromatic rings. The summed E-state index contributed by atoms with van der Waals surface area (Å²) in [4.78, 5) is 0. The van der Waals surface area contributed by atoms with Crippen molar-refractivity contribution in [2.75, 3.05) is 20.6 Å². The summed E-state index contributed by atoms with van der Waals surface area (Å²) in [6, 6.07) is 21.2. The zero-order chi connectivity index (χ0) is 19.9. The molecule has 3 heteroatoms. The van der Waals surface area contributed by atoms with Gasteiger partial charge in [-0.25, -0.2) is 0 Å². The van der Waals surface area contributed by atoms with Gasteiger partial charge in [0.2, 0.25) is 0 Å². The molecule has 0 heterocycles. The van der Waals surface area contributed by atoms with E-state index in [9.17, 15) is 0 Å². The predicted octanol–water partition coefficient (Wildman–Crippen LogP) is 3.18. The third-order valence-corrected chi connectivity index (χ3v) is 4.81. The lowest BCUT2D eigenvalue weighted by Crippen LogP contribution is -3.00. The van der Waals surface area contributed by atoms with Crippen LogP contribution in [0.3, 0.4) is 0 Å². The minimum absolute atomic E-state index is 0. The lowest BCUT2D eigenvalue weighted by Gasteiger charge is -2.43. The van der Waals surface area contributed by atoms with Gasteiger partial charge >= 0.3 is 0 Å². The first-order valence-electron chi connectivity index (χ1n) is 10.3. The number of rotatable bonds is 10. The van der Waals surface area contributed by atoms with Crippen molar-refractivity contribution < 1.29 is 21.6 Å². The highest BCUT2D eigenvalue weighted by atomic mass is 35.5. The lowest BCUT2D eigenvalue weighted by molar-refractivity contribution is -0.909. The van der Waals surface area contributed by atoms with Gasteiger partial charge in [0.1, 0.15) is 18.8 Å². The molecule has 0 fully saturated rings. The third kappa shape index (κ3) is 8.24. The third-order valence-electron chi connectivity index (χ3n) is 4.81. The summed E-state index contributed by atoms with van der Waals surface area (Å²) in [5, 5.41) is 0. The van der Waals surface area contributed by atoms with E-state index in [2.05, 4.69) is 102 Å². The summed E-state index contributed by atoms with van der Waals surface area (Å²) in [5.41, 5.74) is 1.22. The van der Waals surface area contributed by atoms with Crippen LogP contribution < -0.4 is 17.1 Å². The van der Waals surface area contributed by atoms with Gasteiger partial charge in [-0.3, -0.25) is 0 Å². The van der Waals surface area contributed by atoms with Crippen LogP contribution in [0.4, 0.5) is 0 Å². The second-order valence-corrected chi connectivity index (χ2v) is 9.53. The molecule has 0 amide bonds. The number of benzene rings is 2. The molecule has 0 unspecified atom stereocenters. The van der Waals surface area contributed by atoms with Crippen LogP contribution in [-0.4, -0.2) is 30.7 Å². The largest absolute Gasteiger partial charge is 1.00 e. The lowest BCUT2D eigenvalue weighted by atomic mass is 9.83. The van der Waals surface area contributed by atoms with Gasteiger partial charge in [0.25, 0.3) is 0 Å². The molecule has 0 aliphatic carbocycles. The van der Waals surface area contributed by atoms with E-state index < -0.39 is 0 Å². The Morgan fingerprint density at radius 2 is 1.25 bits per heavy atom. The highest BCUT2D eigenvalue weighted by Crippen LogP contribution is 2.33. The Balaban J connectivity index is 0.00000392. The Morgan fingerprint density at radius 1 is 0.786 bits per heavy atom. The van der Waals surface area contributed by atoms with Crippen molar-refractivity contribution in [2.24, 2.45) is 11.8 Å². The predicted molar refractivity (Wildman–Crippen MR) is 116 cm³/mol. The van der Waals surface area contributed by atoms with Crippen LogP contribution in [0.15, 0.2) is 60.7 Å².